The number of halogens is 1. The van der Waals surface area contributed by atoms with Crippen molar-refractivity contribution in [1.82, 2.24) is 14.9 Å². The molecule has 1 aliphatic rings. The number of hydrogen-bond donors (Lipinski definition) is 1. The highest BCUT2D eigenvalue weighted by Gasteiger charge is 2.46. The molecule has 1 atom stereocenters. The van der Waals surface area contributed by atoms with Crippen LogP contribution in [-0.2, 0) is 4.74 Å². The molecule has 0 aliphatic carbocycles. The molecule has 1 amide bonds. The summed E-state index contributed by atoms with van der Waals surface area (Å²) in [5, 5.41) is 0.753. The van der Waals surface area contributed by atoms with Crippen LogP contribution in [0.3, 0.4) is 0 Å². The SMILES string of the molecule is CC(C)(C)OC(=O)N1C(c2nc3c(oc4ccc(Br)cc43)c(=O)[nH]2)CCC1(C)C. The van der Waals surface area contributed by atoms with Crippen molar-refractivity contribution in [2.45, 2.75) is 64.6 Å². The normalized spacial score (nSPS) is 19.2. The lowest BCUT2D eigenvalue weighted by Crippen LogP contribution is -2.46. The number of fused-ring (bicyclic) bond motifs is 3. The van der Waals surface area contributed by atoms with Crippen molar-refractivity contribution in [3.63, 3.8) is 0 Å². The molecule has 0 saturated carbocycles. The Morgan fingerprint density at radius 1 is 1.38 bits per heavy atom. The van der Waals surface area contributed by atoms with Gasteiger partial charge in [0, 0.05) is 15.4 Å². The van der Waals surface area contributed by atoms with E-state index in [0.29, 0.717) is 23.3 Å². The van der Waals surface area contributed by atoms with Crippen LogP contribution in [0.15, 0.2) is 31.9 Å². The number of carbonyl (C=O) groups excluding carboxylic acids is 1. The lowest BCUT2D eigenvalue weighted by atomic mass is 10.0. The van der Waals surface area contributed by atoms with E-state index in [2.05, 4.69) is 20.9 Å². The van der Waals surface area contributed by atoms with Crippen LogP contribution in [0, 0.1) is 0 Å². The molecule has 3 heterocycles. The molecule has 1 aliphatic heterocycles. The second kappa shape index (κ2) is 6.58. The van der Waals surface area contributed by atoms with E-state index in [-0.39, 0.29) is 17.2 Å². The van der Waals surface area contributed by atoms with Crippen molar-refractivity contribution in [3.05, 3.63) is 38.9 Å². The molecule has 2 aromatic heterocycles. The van der Waals surface area contributed by atoms with Gasteiger partial charge in [0.25, 0.3) is 5.56 Å². The molecule has 0 radical (unpaired) electrons. The molecule has 154 valence electrons. The Labute approximate surface area is 176 Å². The van der Waals surface area contributed by atoms with Crippen molar-refractivity contribution in [2.24, 2.45) is 0 Å². The summed E-state index contributed by atoms with van der Waals surface area (Å²) in [5.74, 6) is 0.446. The Balaban J connectivity index is 1.84. The fourth-order valence-electron chi connectivity index (χ4n) is 3.91. The van der Waals surface area contributed by atoms with Gasteiger partial charge in [-0.15, -0.1) is 0 Å². The van der Waals surface area contributed by atoms with Crippen LogP contribution < -0.4 is 5.56 Å². The van der Waals surface area contributed by atoms with Gasteiger partial charge in [-0.25, -0.2) is 9.78 Å². The molecule has 1 unspecified atom stereocenters. The largest absolute Gasteiger partial charge is 0.449 e. The maximum Gasteiger partial charge on any atom is 0.411 e. The Morgan fingerprint density at radius 3 is 2.79 bits per heavy atom. The van der Waals surface area contributed by atoms with Gasteiger partial charge in [0.1, 0.15) is 22.5 Å². The van der Waals surface area contributed by atoms with Gasteiger partial charge in [-0.3, -0.25) is 9.69 Å². The Morgan fingerprint density at radius 2 is 2.10 bits per heavy atom. The third-order valence-electron chi connectivity index (χ3n) is 5.20. The topological polar surface area (TPSA) is 88.4 Å². The van der Waals surface area contributed by atoms with E-state index in [0.717, 1.165) is 16.3 Å². The van der Waals surface area contributed by atoms with Crippen LogP contribution in [0.1, 0.15) is 59.3 Å². The van der Waals surface area contributed by atoms with Gasteiger partial charge in [-0.05, 0) is 65.7 Å². The van der Waals surface area contributed by atoms with Crippen molar-refractivity contribution >= 4 is 44.1 Å². The Kier molecular flexibility index (Phi) is 4.53. The number of aromatic nitrogens is 2. The molecular formula is C21H24BrN3O4. The van der Waals surface area contributed by atoms with Crippen molar-refractivity contribution < 1.29 is 13.9 Å². The maximum absolute atomic E-state index is 13.0. The number of ether oxygens (including phenoxy) is 1. The number of aromatic amines is 1. The quantitative estimate of drug-likeness (QED) is 0.532. The van der Waals surface area contributed by atoms with Gasteiger partial charge in [-0.2, -0.15) is 0 Å². The van der Waals surface area contributed by atoms with Gasteiger partial charge in [-0.1, -0.05) is 15.9 Å². The Bertz CT molecular complexity index is 1170. The second-order valence-corrected chi connectivity index (χ2v) is 10.0. The lowest BCUT2D eigenvalue weighted by molar-refractivity contribution is 0.00267. The van der Waals surface area contributed by atoms with Crippen LogP contribution in [-0.4, -0.2) is 32.1 Å². The molecule has 0 spiro atoms. The van der Waals surface area contributed by atoms with Gasteiger partial charge >= 0.3 is 6.09 Å². The van der Waals surface area contributed by atoms with Crippen LogP contribution in [0.25, 0.3) is 22.1 Å². The first-order chi connectivity index (χ1) is 13.5. The van der Waals surface area contributed by atoms with E-state index in [4.69, 9.17) is 14.1 Å². The molecule has 7 nitrogen and oxygen atoms in total. The smallest absolute Gasteiger partial charge is 0.411 e. The average Bonchev–Trinajstić information content (AvgIpc) is 3.10. The van der Waals surface area contributed by atoms with E-state index < -0.39 is 17.2 Å². The molecule has 1 saturated heterocycles. The minimum atomic E-state index is -0.613. The summed E-state index contributed by atoms with van der Waals surface area (Å²) in [5.41, 5.74) is -0.114. The van der Waals surface area contributed by atoms with Crippen LogP contribution in [0.2, 0.25) is 0 Å². The molecular weight excluding hydrogens is 438 g/mol. The first-order valence-electron chi connectivity index (χ1n) is 9.60. The zero-order valence-electron chi connectivity index (χ0n) is 17.1. The highest BCUT2D eigenvalue weighted by Crippen LogP contribution is 2.42. The van der Waals surface area contributed by atoms with Gasteiger partial charge < -0.3 is 14.1 Å². The summed E-state index contributed by atoms with van der Waals surface area (Å²) >= 11 is 3.45. The molecule has 3 aromatic rings. The lowest BCUT2D eigenvalue weighted by Gasteiger charge is -2.36. The zero-order valence-corrected chi connectivity index (χ0v) is 18.7. The molecule has 1 N–H and O–H groups in total. The summed E-state index contributed by atoms with van der Waals surface area (Å²) in [6.07, 6.45) is 1.05. The number of H-pyrrole nitrogens is 1. The monoisotopic (exact) mass is 461 g/mol. The van der Waals surface area contributed by atoms with E-state index in [9.17, 15) is 9.59 Å². The third-order valence-corrected chi connectivity index (χ3v) is 5.70. The van der Waals surface area contributed by atoms with E-state index in [1.54, 1.807) is 11.0 Å². The predicted octanol–water partition coefficient (Wildman–Crippen LogP) is 5.28. The van der Waals surface area contributed by atoms with Crippen LogP contribution >= 0.6 is 15.9 Å². The van der Waals surface area contributed by atoms with Crippen LogP contribution in [0.4, 0.5) is 4.79 Å². The summed E-state index contributed by atoms with van der Waals surface area (Å²) in [6, 6.07) is 5.14. The van der Waals surface area contributed by atoms with Crippen molar-refractivity contribution in [1.29, 1.82) is 0 Å². The summed E-state index contributed by atoms with van der Waals surface area (Å²) in [7, 11) is 0. The second-order valence-electron chi connectivity index (χ2n) is 9.09. The number of carbonyl (C=O) groups is 1. The minimum absolute atomic E-state index is 0.183. The number of nitrogens with zero attached hydrogens (tertiary/aromatic N) is 2. The fourth-order valence-corrected chi connectivity index (χ4v) is 4.27. The predicted molar refractivity (Wildman–Crippen MR) is 114 cm³/mol. The Hall–Kier alpha value is -2.35. The number of hydrogen-bond acceptors (Lipinski definition) is 5. The fraction of sp³-hybridized carbons (Fsp3) is 0.476. The molecule has 1 fully saturated rings. The minimum Gasteiger partial charge on any atom is -0.449 e. The average molecular weight is 462 g/mol. The zero-order chi connectivity index (χ0) is 21.1. The number of likely N-dealkylation sites (tertiary alicyclic amines) is 1. The molecule has 29 heavy (non-hydrogen) atoms. The van der Waals surface area contributed by atoms with Crippen molar-refractivity contribution in [2.75, 3.05) is 0 Å². The van der Waals surface area contributed by atoms with Crippen molar-refractivity contribution in [3.8, 4) is 0 Å². The van der Waals surface area contributed by atoms with Gasteiger partial charge in [0.15, 0.2) is 0 Å². The first kappa shape index (κ1) is 19.9. The number of furan rings is 1. The molecule has 4 rings (SSSR count). The van der Waals surface area contributed by atoms with Gasteiger partial charge in [0.05, 0.1) is 6.04 Å². The molecule has 1 aromatic carbocycles. The van der Waals surface area contributed by atoms with E-state index in [1.807, 2.05) is 46.8 Å². The molecule has 8 heteroatoms. The van der Waals surface area contributed by atoms with Gasteiger partial charge in [0.2, 0.25) is 5.58 Å². The number of rotatable bonds is 1. The van der Waals surface area contributed by atoms with Crippen LogP contribution in [0.5, 0.6) is 0 Å². The van der Waals surface area contributed by atoms with E-state index >= 15 is 0 Å². The standard InChI is InChI=1S/C21H24BrN3O4/c1-20(2,3)29-19(27)25-13(8-9-21(25,4)5)17-23-15-12-10-11(22)6-7-14(12)28-16(15)18(26)24-17/h6-7,10,13H,8-9H2,1-5H3,(H,23,24,26). The summed E-state index contributed by atoms with van der Waals surface area (Å²) in [4.78, 5) is 35.0. The summed E-state index contributed by atoms with van der Waals surface area (Å²) in [6.45, 7) is 9.51. The summed E-state index contributed by atoms with van der Waals surface area (Å²) < 4.78 is 12.2. The highest BCUT2D eigenvalue weighted by molar-refractivity contribution is 9.10. The third kappa shape index (κ3) is 3.54. The number of benzene rings is 1. The number of amides is 1. The number of nitrogens with one attached hydrogen (secondary N) is 1. The molecule has 0 bridgehead atoms. The first-order valence-corrected chi connectivity index (χ1v) is 10.4. The maximum atomic E-state index is 13.0. The van der Waals surface area contributed by atoms with E-state index in [1.165, 1.54) is 0 Å². The highest BCUT2D eigenvalue weighted by atomic mass is 79.9.